The van der Waals surface area contributed by atoms with Crippen LogP contribution in [0.4, 0.5) is 9.18 Å². The van der Waals surface area contributed by atoms with Gasteiger partial charge in [-0.2, -0.15) is 5.10 Å². The van der Waals surface area contributed by atoms with Crippen LogP contribution in [0.5, 0.6) is 0 Å². The number of benzene rings is 1. The Bertz CT molecular complexity index is 780. The second-order valence-electron chi connectivity index (χ2n) is 6.76. The zero-order valence-electron chi connectivity index (χ0n) is 15.0. The molecule has 0 bridgehead atoms. The maximum atomic E-state index is 14.0. The van der Waals surface area contributed by atoms with E-state index >= 15 is 0 Å². The van der Waals surface area contributed by atoms with Crippen molar-refractivity contribution in [2.75, 3.05) is 6.54 Å². The highest BCUT2D eigenvalue weighted by Crippen LogP contribution is 2.48. The van der Waals surface area contributed by atoms with E-state index in [2.05, 4.69) is 15.7 Å². The zero-order valence-corrected chi connectivity index (χ0v) is 15.0. The van der Waals surface area contributed by atoms with Gasteiger partial charge in [0.1, 0.15) is 5.82 Å². The van der Waals surface area contributed by atoms with Crippen LogP contribution >= 0.6 is 0 Å². The third kappa shape index (κ3) is 3.52. The Morgan fingerprint density at radius 1 is 1.28 bits per heavy atom. The molecule has 1 fully saturated rings. The van der Waals surface area contributed by atoms with Crippen LogP contribution in [0.1, 0.15) is 42.3 Å². The molecule has 1 aromatic heterocycles. The van der Waals surface area contributed by atoms with Crippen molar-refractivity contribution in [3.8, 4) is 0 Å². The van der Waals surface area contributed by atoms with Gasteiger partial charge in [0.15, 0.2) is 0 Å². The molecule has 25 heavy (non-hydrogen) atoms. The molecule has 0 unspecified atom stereocenters. The molecule has 1 aliphatic rings. The van der Waals surface area contributed by atoms with Crippen molar-refractivity contribution in [2.45, 2.75) is 52.1 Å². The molecule has 2 aromatic rings. The Morgan fingerprint density at radius 2 is 2.00 bits per heavy atom. The summed E-state index contributed by atoms with van der Waals surface area (Å²) in [5.41, 5.74) is 3.51. The number of carbonyl (C=O) groups excluding carboxylic acids is 1. The third-order valence-corrected chi connectivity index (χ3v) is 5.14. The SMILES string of the molecule is CCn1nc(C)c(CNC(=O)NCC2(c3ccccc3F)CC2)c1C. The van der Waals surface area contributed by atoms with Gasteiger partial charge in [-0.1, -0.05) is 18.2 Å². The van der Waals surface area contributed by atoms with Gasteiger partial charge in [-0.3, -0.25) is 4.68 Å². The predicted molar refractivity (Wildman–Crippen MR) is 94.9 cm³/mol. The number of urea groups is 1. The van der Waals surface area contributed by atoms with E-state index in [0.29, 0.717) is 18.7 Å². The highest BCUT2D eigenvalue weighted by Gasteiger charge is 2.45. The topological polar surface area (TPSA) is 59.0 Å². The van der Waals surface area contributed by atoms with Crippen LogP contribution in [0.2, 0.25) is 0 Å². The van der Waals surface area contributed by atoms with Gasteiger partial charge in [-0.05, 0) is 45.2 Å². The van der Waals surface area contributed by atoms with Crippen LogP contribution in [0.15, 0.2) is 24.3 Å². The number of amides is 2. The molecular weight excluding hydrogens is 319 g/mol. The summed E-state index contributed by atoms with van der Waals surface area (Å²) >= 11 is 0. The van der Waals surface area contributed by atoms with Crippen molar-refractivity contribution in [3.63, 3.8) is 0 Å². The van der Waals surface area contributed by atoms with Crippen molar-refractivity contribution < 1.29 is 9.18 Å². The van der Waals surface area contributed by atoms with Gasteiger partial charge in [0.2, 0.25) is 0 Å². The average molecular weight is 344 g/mol. The first-order valence-corrected chi connectivity index (χ1v) is 8.76. The van der Waals surface area contributed by atoms with Gasteiger partial charge in [-0.15, -0.1) is 0 Å². The molecule has 1 aromatic carbocycles. The van der Waals surface area contributed by atoms with E-state index in [0.717, 1.165) is 36.3 Å². The number of carbonyl (C=O) groups is 1. The first kappa shape index (κ1) is 17.5. The summed E-state index contributed by atoms with van der Waals surface area (Å²) < 4.78 is 15.9. The molecule has 2 amide bonds. The molecule has 1 saturated carbocycles. The lowest BCUT2D eigenvalue weighted by Gasteiger charge is -2.17. The highest BCUT2D eigenvalue weighted by atomic mass is 19.1. The monoisotopic (exact) mass is 344 g/mol. The van der Waals surface area contributed by atoms with E-state index in [1.807, 2.05) is 37.6 Å². The Kier molecular flexibility index (Phi) is 4.79. The number of nitrogens with one attached hydrogen (secondary N) is 2. The standard InChI is InChI=1S/C19H25FN4O/c1-4-24-14(3)15(13(2)23-24)11-21-18(25)22-12-19(9-10-19)16-7-5-6-8-17(16)20/h5-8H,4,9-12H2,1-3H3,(H2,21,22,25). The molecule has 2 N–H and O–H groups in total. The Hall–Kier alpha value is -2.37. The molecule has 0 spiro atoms. The van der Waals surface area contributed by atoms with E-state index in [4.69, 9.17) is 0 Å². The van der Waals surface area contributed by atoms with E-state index < -0.39 is 0 Å². The minimum atomic E-state index is -0.248. The first-order valence-electron chi connectivity index (χ1n) is 8.76. The van der Waals surface area contributed by atoms with Crippen LogP contribution in [-0.2, 0) is 18.5 Å². The molecule has 0 aliphatic heterocycles. The molecule has 1 aliphatic carbocycles. The van der Waals surface area contributed by atoms with Crippen molar-refractivity contribution in [2.24, 2.45) is 0 Å². The minimum absolute atomic E-state index is 0.194. The largest absolute Gasteiger partial charge is 0.337 e. The Morgan fingerprint density at radius 3 is 2.60 bits per heavy atom. The van der Waals surface area contributed by atoms with Gasteiger partial charge >= 0.3 is 6.03 Å². The first-order chi connectivity index (χ1) is 12.0. The van der Waals surface area contributed by atoms with Crippen molar-refractivity contribution in [3.05, 3.63) is 52.6 Å². The van der Waals surface area contributed by atoms with Gasteiger partial charge < -0.3 is 10.6 Å². The maximum Gasteiger partial charge on any atom is 0.315 e. The summed E-state index contributed by atoms with van der Waals surface area (Å²) in [6, 6.07) is 6.59. The van der Waals surface area contributed by atoms with Crippen LogP contribution in [0.3, 0.4) is 0 Å². The van der Waals surface area contributed by atoms with Crippen molar-refractivity contribution in [1.82, 2.24) is 20.4 Å². The Balaban J connectivity index is 1.56. The van der Waals surface area contributed by atoms with Gasteiger partial charge in [0.05, 0.1) is 5.69 Å². The lowest BCUT2D eigenvalue weighted by Crippen LogP contribution is -2.39. The quantitative estimate of drug-likeness (QED) is 0.845. The van der Waals surface area contributed by atoms with Gasteiger partial charge in [0.25, 0.3) is 0 Å². The number of rotatable bonds is 6. The molecule has 1 heterocycles. The summed E-state index contributed by atoms with van der Waals surface area (Å²) in [5.74, 6) is -0.194. The van der Waals surface area contributed by atoms with E-state index in [1.165, 1.54) is 6.07 Å². The van der Waals surface area contributed by atoms with Crippen molar-refractivity contribution >= 4 is 6.03 Å². The third-order valence-electron chi connectivity index (χ3n) is 5.14. The summed E-state index contributed by atoms with van der Waals surface area (Å²) in [7, 11) is 0. The summed E-state index contributed by atoms with van der Waals surface area (Å²) in [6.45, 7) is 7.70. The van der Waals surface area contributed by atoms with Crippen LogP contribution in [-0.4, -0.2) is 22.4 Å². The lowest BCUT2D eigenvalue weighted by molar-refractivity contribution is 0.239. The van der Waals surface area contributed by atoms with Crippen LogP contribution in [0.25, 0.3) is 0 Å². The average Bonchev–Trinajstić information content (AvgIpc) is 3.33. The molecule has 0 radical (unpaired) electrons. The highest BCUT2D eigenvalue weighted by molar-refractivity contribution is 5.74. The lowest BCUT2D eigenvalue weighted by atomic mass is 9.95. The summed E-state index contributed by atoms with van der Waals surface area (Å²) in [4.78, 5) is 12.2. The number of aryl methyl sites for hydroxylation is 2. The predicted octanol–water partition coefficient (Wildman–Crippen LogP) is 3.19. The van der Waals surface area contributed by atoms with E-state index in [-0.39, 0.29) is 17.3 Å². The fraction of sp³-hybridized carbons (Fsp3) is 0.474. The van der Waals surface area contributed by atoms with Gasteiger partial charge in [0, 0.05) is 36.3 Å². The van der Waals surface area contributed by atoms with E-state index in [1.54, 1.807) is 6.07 Å². The number of halogens is 1. The minimum Gasteiger partial charge on any atom is -0.337 e. The molecule has 3 rings (SSSR count). The molecule has 0 saturated heterocycles. The normalized spacial score (nSPS) is 15.0. The Labute approximate surface area is 147 Å². The second-order valence-corrected chi connectivity index (χ2v) is 6.76. The number of hydrogen-bond acceptors (Lipinski definition) is 2. The summed E-state index contributed by atoms with van der Waals surface area (Å²) in [6.07, 6.45) is 1.80. The van der Waals surface area contributed by atoms with Crippen LogP contribution in [0, 0.1) is 19.7 Å². The maximum absolute atomic E-state index is 14.0. The summed E-state index contributed by atoms with van der Waals surface area (Å²) in [5, 5.41) is 10.2. The number of nitrogens with zero attached hydrogens (tertiary/aromatic N) is 2. The molecule has 6 heteroatoms. The van der Waals surface area contributed by atoms with E-state index in [9.17, 15) is 9.18 Å². The number of hydrogen-bond donors (Lipinski definition) is 2. The van der Waals surface area contributed by atoms with Crippen molar-refractivity contribution in [1.29, 1.82) is 0 Å². The van der Waals surface area contributed by atoms with Gasteiger partial charge in [-0.25, -0.2) is 9.18 Å². The second kappa shape index (κ2) is 6.86. The fourth-order valence-corrected chi connectivity index (χ4v) is 3.36. The fourth-order valence-electron chi connectivity index (χ4n) is 3.36. The zero-order chi connectivity index (χ0) is 18.0. The number of aromatic nitrogens is 2. The molecule has 0 atom stereocenters. The molecule has 134 valence electrons. The smallest absolute Gasteiger partial charge is 0.315 e. The molecular formula is C19H25FN4O. The molecule has 5 nitrogen and oxygen atoms in total. The van der Waals surface area contributed by atoms with Crippen LogP contribution < -0.4 is 10.6 Å².